The summed E-state index contributed by atoms with van der Waals surface area (Å²) < 4.78 is 4.91. The van der Waals surface area contributed by atoms with Crippen LogP contribution < -0.4 is 0 Å². The SMILES string of the molecule is CCC(C(=O)O)N(C)C(=O)c1ccco1. The third-order valence-electron chi connectivity index (χ3n) is 2.19. The minimum Gasteiger partial charge on any atom is -0.480 e. The summed E-state index contributed by atoms with van der Waals surface area (Å²) in [5.74, 6) is -1.29. The van der Waals surface area contributed by atoms with Gasteiger partial charge in [-0.1, -0.05) is 6.92 Å². The lowest BCUT2D eigenvalue weighted by atomic mass is 10.2. The molecule has 1 N–H and O–H groups in total. The Hall–Kier alpha value is -1.78. The summed E-state index contributed by atoms with van der Waals surface area (Å²) in [5, 5.41) is 8.87. The number of hydrogen-bond donors (Lipinski definition) is 1. The highest BCUT2D eigenvalue weighted by Gasteiger charge is 2.26. The molecule has 0 radical (unpaired) electrons. The van der Waals surface area contributed by atoms with Crippen molar-refractivity contribution in [1.29, 1.82) is 0 Å². The van der Waals surface area contributed by atoms with E-state index in [1.54, 1.807) is 13.0 Å². The van der Waals surface area contributed by atoms with E-state index in [0.717, 1.165) is 0 Å². The number of carboxylic acid groups (broad SMARTS) is 1. The van der Waals surface area contributed by atoms with Gasteiger partial charge in [-0.3, -0.25) is 4.79 Å². The van der Waals surface area contributed by atoms with E-state index in [2.05, 4.69) is 0 Å². The summed E-state index contributed by atoms with van der Waals surface area (Å²) in [6.45, 7) is 1.71. The smallest absolute Gasteiger partial charge is 0.326 e. The first-order valence-electron chi connectivity index (χ1n) is 4.61. The Morgan fingerprint density at radius 1 is 1.60 bits per heavy atom. The van der Waals surface area contributed by atoms with Crippen LogP contribution in [0.1, 0.15) is 23.9 Å². The van der Waals surface area contributed by atoms with Crippen LogP contribution in [-0.2, 0) is 4.79 Å². The van der Waals surface area contributed by atoms with Crippen molar-refractivity contribution in [3.05, 3.63) is 24.2 Å². The summed E-state index contributed by atoms with van der Waals surface area (Å²) in [5.41, 5.74) is 0. The van der Waals surface area contributed by atoms with Gasteiger partial charge in [0.25, 0.3) is 5.91 Å². The van der Waals surface area contributed by atoms with Gasteiger partial charge >= 0.3 is 5.97 Å². The topological polar surface area (TPSA) is 70.8 Å². The predicted molar refractivity (Wildman–Crippen MR) is 52.5 cm³/mol. The van der Waals surface area contributed by atoms with Crippen molar-refractivity contribution >= 4 is 11.9 Å². The largest absolute Gasteiger partial charge is 0.480 e. The number of rotatable bonds is 4. The Morgan fingerprint density at radius 2 is 2.27 bits per heavy atom. The van der Waals surface area contributed by atoms with Gasteiger partial charge in [-0.2, -0.15) is 0 Å². The van der Waals surface area contributed by atoms with Gasteiger partial charge in [-0.05, 0) is 18.6 Å². The van der Waals surface area contributed by atoms with Gasteiger partial charge < -0.3 is 14.4 Å². The van der Waals surface area contributed by atoms with E-state index in [1.165, 1.54) is 24.3 Å². The zero-order valence-electron chi connectivity index (χ0n) is 8.64. The van der Waals surface area contributed by atoms with E-state index >= 15 is 0 Å². The highest BCUT2D eigenvalue weighted by molar-refractivity contribution is 5.94. The third-order valence-corrected chi connectivity index (χ3v) is 2.19. The van der Waals surface area contributed by atoms with Crippen LogP contribution in [0.25, 0.3) is 0 Å². The number of nitrogens with zero attached hydrogens (tertiary/aromatic N) is 1. The van der Waals surface area contributed by atoms with Crippen LogP contribution >= 0.6 is 0 Å². The van der Waals surface area contributed by atoms with Crippen LogP contribution in [0.5, 0.6) is 0 Å². The molecule has 0 aliphatic heterocycles. The summed E-state index contributed by atoms with van der Waals surface area (Å²) in [6, 6.07) is 2.28. The average molecular weight is 211 g/mol. The number of furan rings is 1. The third kappa shape index (κ3) is 2.37. The average Bonchev–Trinajstić information content (AvgIpc) is 2.69. The van der Waals surface area contributed by atoms with Crippen molar-refractivity contribution in [2.75, 3.05) is 7.05 Å². The van der Waals surface area contributed by atoms with Crippen LogP contribution in [0.15, 0.2) is 22.8 Å². The lowest BCUT2D eigenvalue weighted by molar-refractivity contribution is -0.142. The minimum absolute atomic E-state index is 0.150. The predicted octanol–water partition coefficient (Wildman–Crippen LogP) is 1.21. The summed E-state index contributed by atoms with van der Waals surface area (Å²) in [7, 11) is 1.45. The Morgan fingerprint density at radius 3 is 2.67 bits per heavy atom. The zero-order valence-corrected chi connectivity index (χ0v) is 8.64. The Labute approximate surface area is 87.3 Å². The lowest BCUT2D eigenvalue weighted by Gasteiger charge is -2.22. The second-order valence-electron chi connectivity index (χ2n) is 3.16. The van der Waals surface area contributed by atoms with Gasteiger partial charge in [0.1, 0.15) is 6.04 Å². The second-order valence-corrected chi connectivity index (χ2v) is 3.16. The van der Waals surface area contributed by atoms with Crippen LogP contribution in [0, 0.1) is 0 Å². The fourth-order valence-electron chi connectivity index (χ4n) is 1.33. The van der Waals surface area contributed by atoms with Gasteiger partial charge in [0.15, 0.2) is 5.76 Å². The number of carbonyl (C=O) groups is 2. The van der Waals surface area contributed by atoms with Crippen molar-refractivity contribution in [3.8, 4) is 0 Å². The van der Waals surface area contributed by atoms with Crippen molar-refractivity contribution in [3.63, 3.8) is 0 Å². The number of carbonyl (C=O) groups excluding carboxylic acids is 1. The molecule has 82 valence electrons. The monoisotopic (exact) mass is 211 g/mol. The Kier molecular flexibility index (Phi) is 3.49. The molecule has 0 aliphatic rings. The number of carboxylic acids is 1. The minimum atomic E-state index is -1.01. The Bertz CT molecular complexity index is 344. The van der Waals surface area contributed by atoms with E-state index in [-0.39, 0.29) is 5.76 Å². The fraction of sp³-hybridized carbons (Fsp3) is 0.400. The van der Waals surface area contributed by atoms with E-state index in [0.29, 0.717) is 6.42 Å². The number of aliphatic carboxylic acids is 1. The van der Waals surface area contributed by atoms with Gasteiger partial charge in [-0.25, -0.2) is 4.79 Å². The maximum Gasteiger partial charge on any atom is 0.326 e. The number of likely N-dealkylation sites (N-methyl/N-ethyl adjacent to an activating group) is 1. The molecule has 0 fully saturated rings. The summed E-state index contributed by atoms with van der Waals surface area (Å²) in [6.07, 6.45) is 1.74. The highest BCUT2D eigenvalue weighted by atomic mass is 16.4. The molecule has 1 atom stereocenters. The molecule has 1 unspecified atom stereocenters. The van der Waals surface area contributed by atoms with Crippen molar-refractivity contribution in [1.82, 2.24) is 4.90 Å². The molecule has 0 saturated carbocycles. The van der Waals surface area contributed by atoms with E-state index < -0.39 is 17.9 Å². The summed E-state index contributed by atoms with van der Waals surface area (Å²) in [4.78, 5) is 23.7. The van der Waals surface area contributed by atoms with Crippen LogP contribution in [0.3, 0.4) is 0 Å². The lowest BCUT2D eigenvalue weighted by Crippen LogP contribution is -2.41. The molecule has 0 spiro atoms. The highest BCUT2D eigenvalue weighted by Crippen LogP contribution is 2.09. The fourth-order valence-corrected chi connectivity index (χ4v) is 1.33. The maximum absolute atomic E-state index is 11.7. The molecule has 0 bridgehead atoms. The van der Waals surface area contributed by atoms with Crippen LogP contribution in [-0.4, -0.2) is 35.0 Å². The molecule has 1 aromatic heterocycles. The second kappa shape index (κ2) is 4.63. The van der Waals surface area contributed by atoms with Crippen molar-refractivity contribution in [2.45, 2.75) is 19.4 Å². The van der Waals surface area contributed by atoms with E-state index in [9.17, 15) is 9.59 Å². The van der Waals surface area contributed by atoms with Crippen LogP contribution in [0.2, 0.25) is 0 Å². The molecular formula is C10H13NO4. The quantitative estimate of drug-likeness (QED) is 0.812. The first-order chi connectivity index (χ1) is 7.07. The molecule has 0 saturated heterocycles. The first kappa shape index (κ1) is 11.3. The molecule has 5 nitrogen and oxygen atoms in total. The van der Waals surface area contributed by atoms with E-state index in [1.807, 2.05) is 0 Å². The molecule has 1 heterocycles. The molecule has 15 heavy (non-hydrogen) atoms. The molecule has 1 rings (SSSR count). The molecule has 5 heteroatoms. The van der Waals surface area contributed by atoms with Crippen molar-refractivity contribution < 1.29 is 19.1 Å². The normalized spacial score (nSPS) is 12.1. The molecule has 1 amide bonds. The molecule has 1 aromatic rings. The first-order valence-corrected chi connectivity index (χ1v) is 4.61. The van der Waals surface area contributed by atoms with Gasteiger partial charge in [0.05, 0.1) is 6.26 Å². The Balaban J connectivity index is 2.80. The maximum atomic E-state index is 11.7. The van der Waals surface area contributed by atoms with Crippen molar-refractivity contribution in [2.24, 2.45) is 0 Å². The van der Waals surface area contributed by atoms with Gasteiger partial charge in [0.2, 0.25) is 0 Å². The van der Waals surface area contributed by atoms with Gasteiger partial charge in [-0.15, -0.1) is 0 Å². The number of amides is 1. The van der Waals surface area contributed by atoms with E-state index in [4.69, 9.17) is 9.52 Å². The molecule has 0 aromatic carbocycles. The molecular weight excluding hydrogens is 198 g/mol. The summed E-state index contributed by atoms with van der Waals surface area (Å²) >= 11 is 0. The molecule has 0 aliphatic carbocycles. The number of hydrogen-bond acceptors (Lipinski definition) is 3. The standard InChI is InChI=1S/C10H13NO4/c1-3-7(10(13)14)11(2)9(12)8-5-4-6-15-8/h4-7H,3H2,1-2H3,(H,13,14). The zero-order chi connectivity index (χ0) is 11.4. The van der Waals surface area contributed by atoms with Crippen LogP contribution in [0.4, 0.5) is 0 Å². The van der Waals surface area contributed by atoms with Gasteiger partial charge in [0, 0.05) is 7.05 Å².